The maximum Gasteiger partial charge on any atom is 0.219 e. The van der Waals surface area contributed by atoms with Crippen molar-refractivity contribution in [1.82, 2.24) is 19.8 Å². The van der Waals surface area contributed by atoms with Crippen LogP contribution in [0.25, 0.3) is 0 Å². The maximum atomic E-state index is 11.7. The Morgan fingerprint density at radius 2 is 2.16 bits per heavy atom. The number of aromatic nitrogens is 2. The van der Waals surface area contributed by atoms with Crippen molar-refractivity contribution in [2.24, 2.45) is 0 Å². The van der Waals surface area contributed by atoms with Gasteiger partial charge in [0, 0.05) is 63.7 Å². The molecule has 1 fully saturated rings. The number of hydrogen-bond acceptors (Lipinski definition) is 7. The average Bonchev–Trinajstić information content (AvgIpc) is 3.30. The molecule has 3 heterocycles. The number of likely N-dealkylation sites (tertiary alicyclic amines) is 1. The van der Waals surface area contributed by atoms with E-state index in [1.165, 1.54) is 5.56 Å². The molecule has 1 aromatic carbocycles. The fourth-order valence-electron chi connectivity index (χ4n) is 4.69. The smallest absolute Gasteiger partial charge is 0.219 e. The molecular weight excluding hydrogens is 406 g/mol. The van der Waals surface area contributed by atoms with E-state index in [2.05, 4.69) is 16.3 Å². The van der Waals surface area contributed by atoms with Gasteiger partial charge in [-0.3, -0.25) is 9.69 Å². The predicted octanol–water partition coefficient (Wildman–Crippen LogP) is 2.30. The van der Waals surface area contributed by atoms with Crippen LogP contribution < -0.4 is 10.1 Å². The van der Waals surface area contributed by atoms with E-state index in [4.69, 9.17) is 14.7 Å². The molecule has 0 spiro atoms. The maximum absolute atomic E-state index is 11.7. The van der Waals surface area contributed by atoms with Crippen LogP contribution in [0.1, 0.15) is 54.4 Å². The monoisotopic (exact) mass is 439 g/mol. The van der Waals surface area contributed by atoms with Crippen molar-refractivity contribution < 1.29 is 14.6 Å². The zero-order chi connectivity index (χ0) is 22.7. The van der Waals surface area contributed by atoms with Gasteiger partial charge >= 0.3 is 0 Å². The molecule has 0 radical (unpaired) electrons. The van der Waals surface area contributed by atoms with Gasteiger partial charge in [0.05, 0.1) is 18.9 Å². The normalized spacial score (nSPS) is 18.5. The molecule has 1 atom stereocenters. The molecule has 0 saturated carbocycles. The highest BCUT2D eigenvalue weighted by Gasteiger charge is 2.30. The van der Waals surface area contributed by atoms with E-state index in [1.54, 1.807) is 6.92 Å². The van der Waals surface area contributed by atoms with Crippen molar-refractivity contribution in [3.8, 4) is 5.75 Å². The molecule has 0 bridgehead atoms. The Morgan fingerprint density at radius 3 is 2.84 bits per heavy atom. The zero-order valence-corrected chi connectivity index (χ0v) is 19.2. The van der Waals surface area contributed by atoms with Crippen LogP contribution in [0.5, 0.6) is 5.75 Å². The fraction of sp³-hybridized carbons (Fsp3) is 0.542. The molecule has 4 rings (SSSR count). The van der Waals surface area contributed by atoms with Gasteiger partial charge in [-0.05, 0) is 37.5 Å². The van der Waals surface area contributed by atoms with E-state index < -0.39 is 0 Å². The van der Waals surface area contributed by atoms with Crippen molar-refractivity contribution in [3.63, 3.8) is 0 Å². The van der Waals surface area contributed by atoms with Gasteiger partial charge < -0.3 is 20.1 Å². The van der Waals surface area contributed by atoms with Crippen molar-refractivity contribution >= 4 is 11.7 Å². The van der Waals surface area contributed by atoms with Crippen LogP contribution >= 0.6 is 0 Å². The number of amides is 1. The average molecular weight is 440 g/mol. The second kappa shape index (κ2) is 9.83. The summed E-state index contributed by atoms with van der Waals surface area (Å²) in [6.07, 6.45) is 1.79. The number of nitrogens with one attached hydrogen (secondary N) is 1. The Bertz CT molecular complexity index is 980. The van der Waals surface area contributed by atoms with Crippen LogP contribution in [-0.4, -0.2) is 64.1 Å². The Morgan fingerprint density at radius 1 is 1.31 bits per heavy atom. The van der Waals surface area contributed by atoms with Gasteiger partial charge in [0.15, 0.2) is 0 Å². The van der Waals surface area contributed by atoms with Crippen molar-refractivity contribution in [1.29, 1.82) is 0 Å². The SMILES string of the molecule is CCOc1ccc(CN2CCc3c(nc([C@@H]4CCN(C(C)=O)C4)nc3NC)C2)cc1CO. The van der Waals surface area contributed by atoms with Crippen LogP contribution in [0.4, 0.5) is 5.82 Å². The number of benzene rings is 1. The Labute approximate surface area is 189 Å². The summed E-state index contributed by atoms with van der Waals surface area (Å²) < 4.78 is 5.61. The lowest BCUT2D eigenvalue weighted by Crippen LogP contribution is -2.32. The minimum absolute atomic E-state index is 0.0349. The van der Waals surface area contributed by atoms with Gasteiger partial charge in [0.25, 0.3) is 0 Å². The highest BCUT2D eigenvalue weighted by atomic mass is 16.5. The fourth-order valence-corrected chi connectivity index (χ4v) is 4.69. The highest BCUT2D eigenvalue weighted by molar-refractivity contribution is 5.73. The number of nitrogens with zero attached hydrogens (tertiary/aromatic N) is 4. The first-order valence-electron chi connectivity index (χ1n) is 11.4. The van der Waals surface area contributed by atoms with E-state index >= 15 is 0 Å². The van der Waals surface area contributed by atoms with Gasteiger partial charge in [0.1, 0.15) is 17.4 Å². The van der Waals surface area contributed by atoms with E-state index in [9.17, 15) is 9.90 Å². The number of anilines is 1. The lowest BCUT2D eigenvalue weighted by atomic mass is 10.0. The first kappa shape index (κ1) is 22.5. The zero-order valence-electron chi connectivity index (χ0n) is 19.2. The minimum Gasteiger partial charge on any atom is -0.494 e. The molecule has 8 heteroatoms. The van der Waals surface area contributed by atoms with Crippen molar-refractivity contribution in [2.45, 2.75) is 52.3 Å². The number of aliphatic hydroxyl groups is 1. The van der Waals surface area contributed by atoms with Crippen molar-refractivity contribution in [2.75, 3.05) is 38.6 Å². The third kappa shape index (κ3) is 4.71. The molecule has 1 saturated heterocycles. The van der Waals surface area contributed by atoms with Gasteiger partial charge in [0.2, 0.25) is 5.91 Å². The van der Waals surface area contributed by atoms with E-state index in [-0.39, 0.29) is 18.4 Å². The first-order chi connectivity index (χ1) is 15.5. The summed E-state index contributed by atoms with van der Waals surface area (Å²) in [4.78, 5) is 25.8. The topological polar surface area (TPSA) is 90.8 Å². The third-order valence-electron chi connectivity index (χ3n) is 6.40. The first-order valence-corrected chi connectivity index (χ1v) is 11.4. The molecule has 32 heavy (non-hydrogen) atoms. The van der Waals surface area contributed by atoms with Gasteiger partial charge in [-0.2, -0.15) is 0 Å². The molecule has 2 aliphatic rings. The van der Waals surface area contributed by atoms with Crippen molar-refractivity contribution in [3.05, 3.63) is 46.4 Å². The molecule has 1 aromatic heterocycles. The van der Waals surface area contributed by atoms with Gasteiger partial charge in [-0.1, -0.05) is 6.07 Å². The molecule has 2 N–H and O–H groups in total. The molecule has 1 amide bonds. The summed E-state index contributed by atoms with van der Waals surface area (Å²) in [6.45, 7) is 8.04. The van der Waals surface area contributed by atoms with Gasteiger partial charge in [-0.15, -0.1) is 0 Å². The summed E-state index contributed by atoms with van der Waals surface area (Å²) in [5, 5.41) is 13.0. The number of hydrogen-bond donors (Lipinski definition) is 2. The van der Waals surface area contributed by atoms with Crippen LogP contribution in [0.15, 0.2) is 18.2 Å². The number of carbonyl (C=O) groups is 1. The number of carbonyl (C=O) groups excluding carboxylic acids is 1. The summed E-state index contributed by atoms with van der Waals surface area (Å²) in [5.41, 5.74) is 4.23. The minimum atomic E-state index is -0.0349. The molecular formula is C24H33N5O3. The molecule has 0 unspecified atom stereocenters. The van der Waals surface area contributed by atoms with Crippen LogP contribution in [0.3, 0.4) is 0 Å². The van der Waals surface area contributed by atoms with Crippen LogP contribution in [0.2, 0.25) is 0 Å². The number of rotatable bonds is 7. The Kier molecular flexibility index (Phi) is 6.91. The van der Waals surface area contributed by atoms with E-state index in [1.807, 2.05) is 31.0 Å². The highest BCUT2D eigenvalue weighted by Crippen LogP contribution is 2.30. The molecule has 2 aromatic rings. The second-order valence-electron chi connectivity index (χ2n) is 8.55. The number of ether oxygens (including phenoxy) is 1. The van der Waals surface area contributed by atoms with Crippen LogP contribution in [-0.2, 0) is 30.9 Å². The number of fused-ring (bicyclic) bond motifs is 1. The molecule has 172 valence electrons. The van der Waals surface area contributed by atoms with E-state index in [0.29, 0.717) is 13.2 Å². The standard InChI is InChI=1S/C24H33N5O3/c1-4-32-22-6-5-17(11-19(22)15-30)12-28-9-8-20-21(14-28)26-23(27-24(20)25-3)18-7-10-29(13-18)16(2)31/h5-6,11,18,30H,4,7-10,12-15H2,1-3H3,(H,25,26,27)/t18-/m1/s1. The van der Waals surface area contributed by atoms with Crippen LogP contribution in [0, 0.1) is 0 Å². The quantitative estimate of drug-likeness (QED) is 0.684. The molecule has 0 aliphatic carbocycles. The third-order valence-corrected chi connectivity index (χ3v) is 6.40. The molecule has 8 nitrogen and oxygen atoms in total. The van der Waals surface area contributed by atoms with Gasteiger partial charge in [-0.25, -0.2) is 9.97 Å². The predicted molar refractivity (Wildman–Crippen MR) is 123 cm³/mol. The summed E-state index contributed by atoms with van der Waals surface area (Å²) in [6, 6.07) is 6.04. The lowest BCUT2D eigenvalue weighted by molar-refractivity contribution is -0.127. The number of aliphatic hydroxyl groups excluding tert-OH is 1. The Balaban J connectivity index is 1.52. The molecule has 2 aliphatic heterocycles. The summed E-state index contributed by atoms with van der Waals surface area (Å²) in [7, 11) is 1.91. The second-order valence-corrected chi connectivity index (χ2v) is 8.55. The summed E-state index contributed by atoms with van der Waals surface area (Å²) in [5.74, 6) is 2.79. The largest absolute Gasteiger partial charge is 0.494 e. The summed E-state index contributed by atoms with van der Waals surface area (Å²) >= 11 is 0. The van der Waals surface area contributed by atoms with E-state index in [0.717, 1.165) is 73.2 Å². The Hall–Kier alpha value is -2.71. The lowest BCUT2D eigenvalue weighted by Gasteiger charge is -2.30.